The molecule has 0 fully saturated rings. The lowest BCUT2D eigenvalue weighted by molar-refractivity contribution is 0.0634. The highest BCUT2D eigenvalue weighted by atomic mass is 35.5. The molecule has 0 aliphatic rings. The second kappa shape index (κ2) is 22.1. The molecule has 0 radical (unpaired) electrons. The van der Waals surface area contributed by atoms with E-state index in [9.17, 15) is 24.6 Å². The van der Waals surface area contributed by atoms with Gasteiger partial charge in [-0.1, -0.05) is 35.3 Å². The molecule has 0 spiro atoms. The molecule has 0 saturated carbocycles. The highest BCUT2D eigenvalue weighted by Crippen LogP contribution is 2.33. The van der Waals surface area contributed by atoms with Crippen molar-refractivity contribution in [2.75, 3.05) is 11.1 Å². The largest absolute Gasteiger partial charge is 0.444 e. The predicted octanol–water partition coefficient (Wildman–Crippen LogP) is 8.99. The van der Waals surface area contributed by atoms with E-state index >= 15 is 0 Å². The number of nitrogens with two attached hydrogens (primary N) is 1. The van der Waals surface area contributed by atoms with E-state index in [1.807, 2.05) is 45.0 Å². The molecule has 0 aliphatic heterocycles. The number of aryl methyl sites for hydroxylation is 4. The van der Waals surface area contributed by atoms with Crippen LogP contribution in [-0.2, 0) is 41.9 Å². The molecule has 2 aromatic carbocycles. The van der Waals surface area contributed by atoms with Crippen LogP contribution in [0.4, 0.5) is 16.4 Å². The minimum absolute atomic E-state index is 0.137. The van der Waals surface area contributed by atoms with E-state index in [0.29, 0.717) is 49.5 Å². The molecular weight excluding hydrogens is 1000 g/mol. The number of pyridine rings is 4. The highest BCUT2D eigenvalue weighted by molar-refractivity contribution is 6.31. The van der Waals surface area contributed by atoms with Crippen LogP contribution < -0.4 is 21.7 Å². The molecule has 0 unspecified atom stereocenters. The number of ether oxygens (including phenoxy) is 1. The Morgan fingerprint density at radius 1 is 0.627 bits per heavy atom. The first-order chi connectivity index (χ1) is 35.1. The first kappa shape index (κ1) is 55.1. The number of fused-ring (bicyclic) bond motifs is 2. The monoisotopic (exact) mass is 1060 g/mol. The average Bonchev–Trinajstić information content (AvgIpc) is 3.96. The van der Waals surface area contributed by atoms with Gasteiger partial charge in [0.15, 0.2) is 0 Å². The standard InChI is InChI=1S/C29H33ClN6O5.C24H25ClN6O3/c1-15-8-22(34-27(38)41-28(3,4)5)33-16(2)20(15)14-32-25(37)26-36-35-23(40-26)11-17-9-18-12-19(30)13-31-24(18)21(10-17)29(6,7)39;1-12-5-19(26)29-13(2)17(12)11-28-22(32)23-31-30-20(34-23)8-14-6-15-9-16(25)10-27-21(15)18(7-14)24(3,4)33/h8-10,12-13,39H,11,14H2,1-7H3,(H,32,37)(H,33,34,38);5-7,9-10,33H,8,11H2,1-4H3,(H2,26,29)(H,28,32). The Labute approximate surface area is 442 Å². The Bertz CT molecular complexity index is 3420. The van der Waals surface area contributed by atoms with E-state index in [2.05, 4.69) is 56.3 Å². The lowest BCUT2D eigenvalue weighted by Gasteiger charge is -2.20. The third-order valence-corrected chi connectivity index (χ3v) is 12.0. The second-order valence-corrected chi connectivity index (χ2v) is 20.9. The van der Waals surface area contributed by atoms with Gasteiger partial charge in [0.1, 0.15) is 17.2 Å². The third-order valence-electron chi connectivity index (χ3n) is 11.6. The molecule has 6 aromatic heterocycles. The first-order valence-electron chi connectivity index (χ1n) is 23.6. The summed E-state index contributed by atoms with van der Waals surface area (Å²) < 4.78 is 16.5. The van der Waals surface area contributed by atoms with E-state index in [0.717, 1.165) is 49.8 Å². The number of carbonyl (C=O) groups is 3. The molecule has 0 atom stereocenters. The summed E-state index contributed by atoms with van der Waals surface area (Å²) in [5.74, 6) is -0.0511. The zero-order valence-electron chi connectivity index (χ0n) is 43.4. The quantitative estimate of drug-likeness (QED) is 0.0627. The molecule has 75 heavy (non-hydrogen) atoms. The van der Waals surface area contributed by atoms with Crippen molar-refractivity contribution in [2.45, 2.75) is 119 Å². The highest BCUT2D eigenvalue weighted by Gasteiger charge is 2.25. The number of nitrogens with one attached hydrogen (secondary N) is 3. The molecule has 0 bridgehead atoms. The number of aliphatic hydroxyl groups is 2. The van der Waals surface area contributed by atoms with Gasteiger partial charge in [0.05, 0.1) is 45.1 Å². The number of rotatable bonds is 13. The number of hydrogen-bond donors (Lipinski definition) is 6. The first-order valence-corrected chi connectivity index (χ1v) is 24.4. The van der Waals surface area contributed by atoms with E-state index < -0.39 is 34.7 Å². The van der Waals surface area contributed by atoms with Gasteiger partial charge in [-0.15, -0.1) is 20.4 Å². The van der Waals surface area contributed by atoms with Gasteiger partial charge in [0.25, 0.3) is 0 Å². The van der Waals surface area contributed by atoms with Crippen LogP contribution in [0.1, 0.15) is 138 Å². The summed E-state index contributed by atoms with van der Waals surface area (Å²) in [4.78, 5) is 54.8. The van der Waals surface area contributed by atoms with Gasteiger partial charge < -0.3 is 40.2 Å². The van der Waals surface area contributed by atoms with Crippen LogP contribution in [0.2, 0.25) is 10.0 Å². The van der Waals surface area contributed by atoms with Crippen LogP contribution in [0, 0.1) is 27.7 Å². The number of halogens is 2. The zero-order chi connectivity index (χ0) is 54.7. The van der Waals surface area contributed by atoms with Gasteiger partial charge >= 0.3 is 29.7 Å². The summed E-state index contributed by atoms with van der Waals surface area (Å²) in [6.07, 6.45) is 2.99. The van der Waals surface area contributed by atoms with Gasteiger partial charge in [-0.25, -0.2) is 14.8 Å². The van der Waals surface area contributed by atoms with Crippen molar-refractivity contribution in [1.82, 2.24) is 51.0 Å². The number of benzene rings is 2. The summed E-state index contributed by atoms with van der Waals surface area (Å²) in [5, 5.41) is 47.9. The maximum Gasteiger partial charge on any atom is 0.413 e. The molecule has 8 rings (SSSR count). The van der Waals surface area contributed by atoms with Crippen molar-refractivity contribution in [3.8, 4) is 0 Å². The molecule has 6 heterocycles. The predicted molar refractivity (Wildman–Crippen MR) is 282 cm³/mol. The van der Waals surface area contributed by atoms with Crippen molar-refractivity contribution >= 4 is 74.6 Å². The molecule has 392 valence electrons. The van der Waals surface area contributed by atoms with Crippen LogP contribution in [0.3, 0.4) is 0 Å². The molecule has 0 saturated heterocycles. The van der Waals surface area contributed by atoms with Crippen LogP contribution in [-0.4, -0.2) is 74.1 Å². The van der Waals surface area contributed by atoms with Crippen LogP contribution in [0.5, 0.6) is 0 Å². The summed E-state index contributed by atoms with van der Waals surface area (Å²) in [5.41, 5.74) is 11.8. The Hall–Kier alpha value is -7.65. The van der Waals surface area contributed by atoms with E-state index in [4.69, 9.17) is 42.5 Å². The molecule has 3 amide bonds. The van der Waals surface area contributed by atoms with Crippen LogP contribution >= 0.6 is 23.2 Å². The summed E-state index contributed by atoms with van der Waals surface area (Å²) in [6, 6.07) is 14.5. The van der Waals surface area contributed by atoms with Crippen molar-refractivity contribution in [1.29, 1.82) is 0 Å². The van der Waals surface area contributed by atoms with Gasteiger partial charge in [-0.2, -0.15) is 0 Å². The average molecular weight is 1060 g/mol. The Kier molecular flexibility index (Phi) is 16.2. The number of amides is 3. The Balaban J connectivity index is 0.000000222. The van der Waals surface area contributed by atoms with E-state index in [1.54, 1.807) is 85.9 Å². The number of nitrogens with zero attached hydrogens (tertiary/aromatic N) is 8. The fourth-order valence-corrected chi connectivity index (χ4v) is 8.46. The third kappa shape index (κ3) is 14.1. The van der Waals surface area contributed by atoms with Gasteiger partial charge in [-0.3, -0.25) is 24.9 Å². The van der Waals surface area contributed by atoms with Crippen LogP contribution in [0.15, 0.2) is 69.8 Å². The van der Waals surface area contributed by atoms with E-state index in [-0.39, 0.29) is 49.5 Å². The number of carbonyl (C=O) groups excluding carboxylic acids is 3. The SMILES string of the molecule is Cc1cc(N)nc(C)c1CNC(=O)c1nnc(Cc2cc(C(C)(C)O)c3ncc(Cl)cc3c2)o1.Cc1cc(NC(=O)OC(C)(C)C)nc(C)c1CNC(=O)c1nnc(Cc2cc(C(C)(C)O)c3ncc(Cl)cc3c2)o1. The normalized spacial score (nSPS) is 11.8. The second-order valence-electron chi connectivity index (χ2n) is 20.0. The van der Waals surface area contributed by atoms with Gasteiger partial charge in [0, 0.05) is 58.8 Å². The molecule has 8 aromatic rings. The van der Waals surface area contributed by atoms with Crippen molar-refractivity contribution in [2.24, 2.45) is 0 Å². The lowest BCUT2D eigenvalue weighted by atomic mass is 9.92. The number of anilines is 2. The number of nitrogen functional groups attached to an aromatic ring is 1. The molecule has 22 heteroatoms. The van der Waals surface area contributed by atoms with Crippen molar-refractivity contribution in [3.05, 3.63) is 150 Å². The zero-order valence-corrected chi connectivity index (χ0v) is 44.9. The smallest absolute Gasteiger partial charge is 0.413 e. The van der Waals surface area contributed by atoms with E-state index in [1.165, 1.54) is 6.20 Å². The summed E-state index contributed by atoms with van der Waals surface area (Å²) >= 11 is 12.3. The minimum Gasteiger partial charge on any atom is -0.444 e. The van der Waals surface area contributed by atoms with Gasteiger partial charge in [-0.05, 0) is 146 Å². The topological polar surface area (TPSA) is 292 Å². The molecule has 20 nitrogen and oxygen atoms in total. The maximum absolute atomic E-state index is 12.8. The minimum atomic E-state index is -1.15. The van der Waals surface area contributed by atoms with Crippen molar-refractivity contribution < 1.29 is 38.2 Å². The summed E-state index contributed by atoms with van der Waals surface area (Å²) in [7, 11) is 0. The lowest BCUT2D eigenvalue weighted by Crippen LogP contribution is -2.28. The molecule has 0 aliphatic carbocycles. The van der Waals surface area contributed by atoms with Crippen LogP contribution in [0.25, 0.3) is 21.8 Å². The Morgan fingerprint density at radius 3 is 1.48 bits per heavy atom. The number of aromatic nitrogens is 8. The maximum atomic E-state index is 12.8. The fourth-order valence-electron chi connectivity index (χ4n) is 8.13. The number of hydrogen-bond acceptors (Lipinski definition) is 17. The fraction of sp³-hybridized carbons (Fsp3) is 0.340. The molecule has 7 N–H and O–H groups in total. The summed E-state index contributed by atoms with van der Waals surface area (Å²) in [6.45, 7) is 19.9. The van der Waals surface area contributed by atoms with Gasteiger partial charge in [0.2, 0.25) is 11.8 Å². The van der Waals surface area contributed by atoms with Crippen molar-refractivity contribution in [3.63, 3.8) is 0 Å². The Morgan fingerprint density at radius 2 is 1.07 bits per heavy atom. The molecular formula is C53H58Cl2N12O8.